The van der Waals surface area contributed by atoms with Crippen molar-refractivity contribution in [3.05, 3.63) is 30.0 Å². The lowest BCUT2D eigenvalue weighted by molar-refractivity contribution is 0.416. The van der Waals surface area contributed by atoms with Gasteiger partial charge in [0.15, 0.2) is 5.82 Å². The highest BCUT2D eigenvalue weighted by atomic mass is 16.5. The zero-order valence-electron chi connectivity index (χ0n) is 13.9. The smallest absolute Gasteiger partial charge is 0.247 e. The number of nitrogens with zero attached hydrogens (tertiary/aromatic N) is 4. The minimum atomic E-state index is 0.678. The van der Waals surface area contributed by atoms with E-state index in [4.69, 9.17) is 4.74 Å². The number of methoxy groups -OCH3 is 1. The predicted octanol–water partition coefficient (Wildman–Crippen LogP) is 3.17. The van der Waals surface area contributed by atoms with Crippen LogP contribution in [0, 0.1) is 12.8 Å². The Balaban J connectivity index is 1.79. The maximum absolute atomic E-state index is 5.39. The SMILES string of the molecule is COc1ccc(C)cc1Nc1cnnc(N2CCC(C)CC2)n1. The second-order valence-electron chi connectivity index (χ2n) is 6.14. The first-order chi connectivity index (χ1) is 11.2. The number of rotatable bonds is 4. The van der Waals surface area contributed by atoms with Crippen LogP contribution in [0.2, 0.25) is 0 Å². The van der Waals surface area contributed by atoms with E-state index in [1.54, 1.807) is 13.3 Å². The molecule has 1 N–H and O–H groups in total. The molecule has 23 heavy (non-hydrogen) atoms. The number of anilines is 3. The summed E-state index contributed by atoms with van der Waals surface area (Å²) in [5, 5.41) is 11.6. The highest BCUT2D eigenvalue weighted by Crippen LogP contribution is 2.28. The summed E-state index contributed by atoms with van der Waals surface area (Å²) in [5.41, 5.74) is 2.03. The fraction of sp³-hybridized carbons (Fsp3) is 0.471. The molecule has 0 spiro atoms. The molecule has 0 saturated carbocycles. The molecule has 2 heterocycles. The molecule has 3 rings (SSSR count). The highest BCUT2D eigenvalue weighted by molar-refractivity contribution is 5.65. The topological polar surface area (TPSA) is 63.2 Å². The van der Waals surface area contributed by atoms with E-state index < -0.39 is 0 Å². The molecule has 0 bridgehead atoms. The van der Waals surface area contributed by atoms with Gasteiger partial charge in [-0.3, -0.25) is 0 Å². The van der Waals surface area contributed by atoms with Gasteiger partial charge in [-0.15, -0.1) is 5.10 Å². The van der Waals surface area contributed by atoms with E-state index in [1.165, 1.54) is 12.8 Å². The molecule has 0 unspecified atom stereocenters. The van der Waals surface area contributed by atoms with Crippen molar-refractivity contribution < 1.29 is 4.74 Å². The van der Waals surface area contributed by atoms with Gasteiger partial charge in [-0.25, -0.2) is 0 Å². The van der Waals surface area contributed by atoms with E-state index in [2.05, 4.69) is 32.3 Å². The van der Waals surface area contributed by atoms with Crippen molar-refractivity contribution in [2.45, 2.75) is 26.7 Å². The Hall–Kier alpha value is -2.37. The van der Waals surface area contributed by atoms with Gasteiger partial charge in [-0.2, -0.15) is 10.1 Å². The van der Waals surface area contributed by atoms with Gasteiger partial charge < -0.3 is 15.0 Å². The minimum absolute atomic E-state index is 0.678. The molecule has 1 aromatic heterocycles. The van der Waals surface area contributed by atoms with Crippen molar-refractivity contribution in [3.63, 3.8) is 0 Å². The Bertz CT molecular complexity index is 668. The van der Waals surface area contributed by atoms with Gasteiger partial charge in [-0.1, -0.05) is 13.0 Å². The van der Waals surface area contributed by atoms with E-state index >= 15 is 0 Å². The van der Waals surface area contributed by atoms with Crippen LogP contribution in [0.5, 0.6) is 5.75 Å². The summed E-state index contributed by atoms with van der Waals surface area (Å²) in [7, 11) is 1.66. The van der Waals surface area contributed by atoms with Crippen LogP contribution >= 0.6 is 0 Å². The second-order valence-corrected chi connectivity index (χ2v) is 6.14. The van der Waals surface area contributed by atoms with Gasteiger partial charge in [0.25, 0.3) is 0 Å². The zero-order chi connectivity index (χ0) is 16.2. The number of hydrogen-bond donors (Lipinski definition) is 1. The van der Waals surface area contributed by atoms with Gasteiger partial charge in [0.1, 0.15) is 5.75 Å². The van der Waals surface area contributed by atoms with Gasteiger partial charge in [0, 0.05) is 13.1 Å². The molecule has 1 fully saturated rings. The van der Waals surface area contributed by atoms with Crippen LogP contribution in [0.3, 0.4) is 0 Å². The summed E-state index contributed by atoms with van der Waals surface area (Å²) in [4.78, 5) is 6.81. The maximum Gasteiger partial charge on any atom is 0.247 e. The van der Waals surface area contributed by atoms with E-state index in [0.29, 0.717) is 11.8 Å². The van der Waals surface area contributed by atoms with Gasteiger partial charge in [-0.05, 0) is 43.4 Å². The van der Waals surface area contributed by atoms with Crippen molar-refractivity contribution in [2.24, 2.45) is 5.92 Å². The van der Waals surface area contributed by atoms with Crippen LogP contribution in [-0.2, 0) is 0 Å². The van der Waals surface area contributed by atoms with Crippen molar-refractivity contribution >= 4 is 17.5 Å². The molecule has 2 aromatic rings. The average molecular weight is 313 g/mol. The Kier molecular flexibility index (Phi) is 4.60. The first kappa shape index (κ1) is 15.5. The van der Waals surface area contributed by atoms with Gasteiger partial charge >= 0.3 is 0 Å². The molecule has 0 amide bonds. The van der Waals surface area contributed by atoms with Crippen molar-refractivity contribution in [3.8, 4) is 5.75 Å². The molecule has 6 heteroatoms. The number of benzene rings is 1. The number of aryl methyl sites for hydroxylation is 1. The number of aromatic nitrogens is 3. The third-order valence-electron chi connectivity index (χ3n) is 4.23. The van der Waals surface area contributed by atoms with Crippen LogP contribution in [0.25, 0.3) is 0 Å². The lowest BCUT2D eigenvalue weighted by atomic mass is 10.00. The number of nitrogens with one attached hydrogen (secondary N) is 1. The van der Waals surface area contributed by atoms with Crippen LogP contribution in [0.1, 0.15) is 25.3 Å². The fourth-order valence-corrected chi connectivity index (χ4v) is 2.75. The molecule has 1 aromatic carbocycles. The molecule has 0 atom stereocenters. The summed E-state index contributed by atoms with van der Waals surface area (Å²) < 4.78 is 5.39. The maximum atomic E-state index is 5.39. The highest BCUT2D eigenvalue weighted by Gasteiger charge is 2.18. The van der Waals surface area contributed by atoms with Crippen LogP contribution in [-0.4, -0.2) is 35.4 Å². The summed E-state index contributed by atoms with van der Waals surface area (Å²) in [6.07, 6.45) is 3.98. The van der Waals surface area contributed by atoms with Crippen LogP contribution in [0.15, 0.2) is 24.4 Å². The first-order valence-electron chi connectivity index (χ1n) is 8.02. The minimum Gasteiger partial charge on any atom is -0.495 e. The number of piperidine rings is 1. The van der Waals surface area contributed by atoms with Crippen LogP contribution in [0.4, 0.5) is 17.5 Å². The normalized spacial score (nSPS) is 15.5. The van der Waals surface area contributed by atoms with Crippen molar-refractivity contribution in [1.29, 1.82) is 0 Å². The Morgan fingerprint density at radius 3 is 2.78 bits per heavy atom. The van der Waals surface area contributed by atoms with E-state index in [0.717, 1.165) is 36.0 Å². The van der Waals surface area contributed by atoms with Gasteiger partial charge in [0.2, 0.25) is 5.95 Å². The van der Waals surface area contributed by atoms with E-state index in [-0.39, 0.29) is 0 Å². The lowest BCUT2D eigenvalue weighted by Crippen LogP contribution is -2.34. The summed E-state index contributed by atoms with van der Waals surface area (Å²) >= 11 is 0. The first-order valence-corrected chi connectivity index (χ1v) is 8.02. The molecule has 6 nitrogen and oxygen atoms in total. The predicted molar refractivity (Wildman–Crippen MR) is 91.5 cm³/mol. The third kappa shape index (κ3) is 3.70. The summed E-state index contributed by atoms with van der Waals surface area (Å²) in [6.45, 7) is 6.31. The molecule has 1 aliphatic heterocycles. The van der Waals surface area contributed by atoms with E-state index in [1.807, 2.05) is 25.1 Å². The Labute approximate surface area is 136 Å². The molecule has 122 valence electrons. The molecule has 0 radical (unpaired) electrons. The van der Waals surface area contributed by atoms with Gasteiger partial charge in [0.05, 0.1) is 19.0 Å². The summed E-state index contributed by atoms with van der Waals surface area (Å²) in [5.74, 6) is 2.92. The Morgan fingerprint density at radius 1 is 1.26 bits per heavy atom. The third-order valence-corrected chi connectivity index (χ3v) is 4.23. The molecule has 1 saturated heterocycles. The molecular formula is C17H23N5O. The zero-order valence-corrected chi connectivity index (χ0v) is 13.9. The molecule has 0 aliphatic carbocycles. The average Bonchev–Trinajstić information content (AvgIpc) is 2.56. The largest absolute Gasteiger partial charge is 0.495 e. The summed E-state index contributed by atoms with van der Waals surface area (Å²) in [6, 6.07) is 5.99. The molecule has 1 aliphatic rings. The molecular weight excluding hydrogens is 290 g/mol. The number of ether oxygens (including phenoxy) is 1. The van der Waals surface area contributed by atoms with Crippen molar-refractivity contribution in [1.82, 2.24) is 15.2 Å². The monoisotopic (exact) mass is 313 g/mol. The Morgan fingerprint density at radius 2 is 2.04 bits per heavy atom. The van der Waals surface area contributed by atoms with E-state index in [9.17, 15) is 0 Å². The van der Waals surface area contributed by atoms with Crippen LogP contribution < -0.4 is 15.0 Å². The standard InChI is InChI=1S/C17H23N5O/c1-12-6-8-22(9-7-12)17-20-16(11-18-21-17)19-14-10-13(2)4-5-15(14)23-3/h4-5,10-12H,6-9H2,1-3H3,(H,19,20,21). The number of hydrogen-bond acceptors (Lipinski definition) is 6. The van der Waals surface area contributed by atoms with Crippen molar-refractivity contribution in [2.75, 3.05) is 30.4 Å². The lowest BCUT2D eigenvalue weighted by Gasteiger charge is -2.29. The fourth-order valence-electron chi connectivity index (χ4n) is 2.75. The quantitative estimate of drug-likeness (QED) is 0.935. The second kappa shape index (κ2) is 6.81.